The van der Waals surface area contributed by atoms with Crippen molar-refractivity contribution < 1.29 is 22.7 Å². The zero-order valence-electron chi connectivity index (χ0n) is 14.1. The molecule has 1 aromatic carbocycles. The SMILES string of the molecule is CCCCCNC(=O)CN(Cc1ccc2c(c1)OCO2)S(C)(=O)=O. The minimum Gasteiger partial charge on any atom is -0.454 e. The molecule has 1 aromatic rings. The molecule has 1 heterocycles. The summed E-state index contributed by atoms with van der Waals surface area (Å²) in [5, 5.41) is 2.76. The van der Waals surface area contributed by atoms with E-state index >= 15 is 0 Å². The standard InChI is InChI=1S/C16H24N2O5S/c1-3-4-5-8-17-16(19)11-18(24(2,20)21)10-13-6-7-14-15(9-13)23-12-22-14/h6-7,9H,3-5,8,10-12H2,1-2H3,(H,17,19). The average molecular weight is 356 g/mol. The van der Waals surface area contributed by atoms with Crippen molar-refractivity contribution in [2.75, 3.05) is 26.1 Å². The van der Waals surface area contributed by atoms with Gasteiger partial charge in [-0.05, 0) is 24.1 Å². The van der Waals surface area contributed by atoms with Crippen LogP contribution in [0.5, 0.6) is 11.5 Å². The van der Waals surface area contributed by atoms with Crippen LogP contribution in [-0.4, -0.2) is 44.8 Å². The molecular formula is C16H24N2O5S. The van der Waals surface area contributed by atoms with Gasteiger partial charge in [0.25, 0.3) is 0 Å². The first-order valence-electron chi connectivity index (χ1n) is 8.00. The smallest absolute Gasteiger partial charge is 0.235 e. The Bertz CT molecular complexity index is 675. The van der Waals surface area contributed by atoms with E-state index in [9.17, 15) is 13.2 Å². The molecule has 134 valence electrons. The quantitative estimate of drug-likeness (QED) is 0.678. The van der Waals surface area contributed by atoms with E-state index in [1.807, 2.05) is 0 Å². The number of nitrogens with zero attached hydrogens (tertiary/aromatic N) is 1. The fourth-order valence-corrected chi connectivity index (χ4v) is 3.09. The molecule has 1 N–H and O–H groups in total. The molecule has 0 fully saturated rings. The summed E-state index contributed by atoms with van der Waals surface area (Å²) < 4.78 is 35.6. The van der Waals surface area contributed by atoms with Crippen LogP contribution in [-0.2, 0) is 21.4 Å². The van der Waals surface area contributed by atoms with E-state index in [4.69, 9.17) is 9.47 Å². The monoisotopic (exact) mass is 356 g/mol. The van der Waals surface area contributed by atoms with E-state index in [1.165, 1.54) is 0 Å². The summed E-state index contributed by atoms with van der Waals surface area (Å²) in [5.74, 6) is 0.931. The van der Waals surface area contributed by atoms with Crippen molar-refractivity contribution in [3.63, 3.8) is 0 Å². The van der Waals surface area contributed by atoms with Gasteiger partial charge in [-0.25, -0.2) is 8.42 Å². The van der Waals surface area contributed by atoms with Crippen molar-refractivity contribution in [2.24, 2.45) is 0 Å². The van der Waals surface area contributed by atoms with Crippen LogP contribution in [0, 0.1) is 0 Å². The van der Waals surface area contributed by atoms with Crippen LogP contribution in [0.2, 0.25) is 0 Å². The van der Waals surface area contributed by atoms with Gasteiger partial charge < -0.3 is 14.8 Å². The number of nitrogens with one attached hydrogen (secondary N) is 1. The number of unbranched alkanes of at least 4 members (excludes halogenated alkanes) is 2. The molecule has 0 aromatic heterocycles. The van der Waals surface area contributed by atoms with Crippen molar-refractivity contribution in [2.45, 2.75) is 32.7 Å². The highest BCUT2D eigenvalue weighted by Crippen LogP contribution is 2.32. The van der Waals surface area contributed by atoms with Gasteiger partial charge in [0.15, 0.2) is 11.5 Å². The molecule has 0 spiro atoms. The predicted molar refractivity (Wildman–Crippen MR) is 90.4 cm³/mol. The van der Waals surface area contributed by atoms with Crippen molar-refractivity contribution >= 4 is 15.9 Å². The largest absolute Gasteiger partial charge is 0.454 e. The molecule has 2 rings (SSSR count). The van der Waals surface area contributed by atoms with Gasteiger partial charge in [0.05, 0.1) is 12.8 Å². The first-order valence-corrected chi connectivity index (χ1v) is 9.85. The molecule has 1 aliphatic heterocycles. The predicted octanol–water partition coefficient (Wildman–Crippen LogP) is 1.48. The second-order valence-corrected chi connectivity index (χ2v) is 7.76. The van der Waals surface area contributed by atoms with Crippen LogP contribution < -0.4 is 14.8 Å². The molecule has 0 saturated heterocycles. The summed E-state index contributed by atoms with van der Waals surface area (Å²) in [6.07, 6.45) is 4.09. The lowest BCUT2D eigenvalue weighted by Gasteiger charge is -2.19. The lowest BCUT2D eigenvalue weighted by molar-refractivity contribution is -0.121. The first kappa shape index (κ1) is 18.5. The number of fused-ring (bicyclic) bond motifs is 1. The van der Waals surface area contributed by atoms with Crippen molar-refractivity contribution in [1.29, 1.82) is 0 Å². The highest BCUT2D eigenvalue weighted by Gasteiger charge is 2.22. The zero-order valence-corrected chi connectivity index (χ0v) is 14.9. The number of hydrogen-bond acceptors (Lipinski definition) is 5. The molecule has 0 radical (unpaired) electrons. The Morgan fingerprint density at radius 1 is 1.25 bits per heavy atom. The van der Waals surface area contributed by atoms with Crippen molar-refractivity contribution in [3.8, 4) is 11.5 Å². The van der Waals surface area contributed by atoms with Crippen LogP contribution in [0.25, 0.3) is 0 Å². The second kappa shape index (κ2) is 8.34. The van der Waals surface area contributed by atoms with Gasteiger partial charge in [0, 0.05) is 13.1 Å². The third kappa shape index (κ3) is 5.38. The molecular weight excluding hydrogens is 332 g/mol. The second-order valence-electron chi connectivity index (χ2n) is 5.78. The molecule has 7 nitrogen and oxygen atoms in total. The van der Waals surface area contributed by atoms with Crippen LogP contribution in [0.4, 0.5) is 0 Å². The van der Waals surface area contributed by atoms with E-state index < -0.39 is 10.0 Å². The maximum absolute atomic E-state index is 12.0. The Balaban J connectivity index is 1.97. The maximum atomic E-state index is 12.0. The molecule has 0 unspecified atom stereocenters. The fraction of sp³-hybridized carbons (Fsp3) is 0.562. The molecule has 1 aliphatic rings. The van der Waals surface area contributed by atoms with Crippen LogP contribution in [0.15, 0.2) is 18.2 Å². The third-order valence-corrected chi connectivity index (χ3v) is 4.88. The van der Waals surface area contributed by atoms with E-state index in [1.54, 1.807) is 18.2 Å². The van der Waals surface area contributed by atoms with Gasteiger partial charge in [0.1, 0.15) is 0 Å². The number of sulfonamides is 1. The Hall–Kier alpha value is -1.80. The summed E-state index contributed by atoms with van der Waals surface area (Å²) >= 11 is 0. The topological polar surface area (TPSA) is 84.9 Å². The van der Waals surface area contributed by atoms with Gasteiger partial charge in [0.2, 0.25) is 22.7 Å². The summed E-state index contributed by atoms with van der Waals surface area (Å²) in [4.78, 5) is 12.0. The van der Waals surface area contributed by atoms with E-state index in [2.05, 4.69) is 12.2 Å². The highest BCUT2D eigenvalue weighted by atomic mass is 32.2. The number of benzene rings is 1. The molecule has 8 heteroatoms. The minimum atomic E-state index is -3.51. The maximum Gasteiger partial charge on any atom is 0.235 e. The van der Waals surface area contributed by atoms with Gasteiger partial charge in [-0.2, -0.15) is 4.31 Å². The minimum absolute atomic E-state index is 0.109. The van der Waals surface area contributed by atoms with Gasteiger partial charge in [-0.15, -0.1) is 0 Å². The Morgan fingerprint density at radius 2 is 2.00 bits per heavy atom. The Kier molecular flexibility index (Phi) is 6.44. The lowest BCUT2D eigenvalue weighted by atomic mass is 10.2. The molecule has 24 heavy (non-hydrogen) atoms. The Morgan fingerprint density at radius 3 is 2.71 bits per heavy atom. The Labute approximate surface area is 143 Å². The number of hydrogen-bond donors (Lipinski definition) is 1. The van der Waals surface area contributed by atoms with Gasteiger partial charge in [-0.3, -0.25) is 4.79 Å². The first-order chi connectivity index (χ1) is 11.4. The summed E-state index contributed by atoms with van der Waals surface area (Å²) in [6, 6.07) is 5.24. The van der Waals surface area contributed by atoms with Crippen molar-refractivity contribution in [1.82, 2.24) is 9.62 Å². The summed E-state index contributed by atoms with van der Waals surface area (Å²) in [7, 11) is -3.51. The van der Waals surface area contributed by atoms with Crippen molar-refractivity contribution in [3.05, 3.63) is 23.8 Å². The molecule has 1 amide bonds. The third-order valence-electron chi connectivity index (χ3n) is 3.69. The number of ether oxygens (including phenoxy) is 2. The fourth-order valence-electron chi connectivity index (χ4n) is 2.35. The number of carbonyl (C=O) groups is 1. The van der Waals surface area contributed by atoms with Crippen LogP contribution in [0.3, 0.4) is 0 Å². The van der Waals surface area contributed by atoms with Crippen LogP contribution >= 0.6 is 0 Å². The normalized spacial score (nSPS) is 13.3. The van der Waals surface area contributed by atoms with E-state index in [-0.39, 0.29) is 25.8 Å². The number of rotatable bonds is 9. The average Bonchev–Trinajstić information content (AvgIpc) is 2.97. The van der Waals surface area contributed by atoms with Gasteiger partial charge >= 0.3 is 0 Å². The summed E-state index contributed by atoms with van der Waals surface area (Å²) in [5.41, 5.74) is 0.739. The van der Waals surface area contributed by atoms with E-state index in [0.29, 0.717) is 18.0 Å². The summed E-state index contributed by atoms with van der Waals surface area (Å²) in [6.45, 7) is 2.72. The molecule has 0 bridgehead atoms. The highest BCUT2D eigenvalue weighted by molar-refractivity contribution is 7.88. The molecule has 0 aliphatic carbocycles. The number of amides is 1. The molecule has 0 atom stereocenters. The number of carbonyl (C=O) groups excluding carboxylic acids is 1. The molecule has 0 saturated carbocycles. The zero-order chi connectivity index (χ0) is 17.6. The van der Waals surface area contributed by atoms with E-state index in [0.717, 1.165) is 35.4 Å². The van der Waals surface area contributed by atoms with Gasteiger partial charge in [-0.1, -0.05) is 25.8 Å². The van der Waals surface area contributed by atoms with Crippen LogP contribution in [0.1, 0.15) is 31.7 Å². The lowest BCUT2D eigenvalue weighted by Crippen LogP contribution is -2.40.